The fourth-order valence-corrected chi connectivity index (χ4v) is 2.47. The normalized spacial score (nSPS) is 23.2. The van der Waals surface area contributed by atoms with Gasteiger partial charge >= 0.3 is 5.97 Å². The zero-order valence-corrected chi connectivity index (χ0v) is 11.8. The predicted molar refractivity (Wildman–Crippen MR) is 67.6 cm³/mol. The molecule has 3 heteroatoms. The van der Waals surface area contributed by atoms with Crippen LogP contribution in [0.1, 0.15) is 60.3 Å². The molecule has 0 atom stereocenters. The Labute approximate surface area is 105 Å². The van der Waals surface area contributed by atoms with Crippen LogP contribution in [-0.2, 0) is 9.53 Å². The van der Waals surface area contributed by atoms with Gasteiger partial charge < -0.3 is 9.84 Å². The molecule has 0 amide bonds. The maximum Gasteiger partial charge on any atom is 0.314 e. The van der Waals surface area contributed by atoms with Gasteiger partial charge in [0, 0.05) is 0 Å². The molecule has 0 aromatic rings. The highest BCUT2D eigenvalue weighted by atomic mass is 16.5. The minimum Gasteiger partial charge on any atom is -0.465 e. The van der Waals surface area contributed by atoms with Gasteiger partial charge in [-0.05, 0) is 51.9 Å². The van der Waals surface area contributed by atoms with E-state index in [0.29, 0.717) is 19.4 Å². The standard InChI is InChI=1S/C14H26O3/c1-6-17-11(15)13(4,5)14(16)9-7-12(2,3)8-10-14/h16H,6-10H2,1-5H3. The van der Waals surface area contributed by atoms with Crippen molar-refractivity contribution in [3.8, 4) is 0 Å². The fourth-order valence-electron chi connectivity index (χ4n) is 2.47. The Kier molecular flexibility index (Phi) is 3.92. The lowest BCUT2D eigenvalue weighted by Crippen LogP contribution is -2.53. The van der Waals surface area contributed by atoms with E-state index in [-0.39, 0.29) is 11.4 Å². The lowest BCUT2D eigenvalue weighted by atomic mass is 9.61. The Morgan fingerprint density at radius 3 is 2.12 bits per heavy atom. The summed E-state index contributed by atoms with van der Waals surface area (Å²) in [4.78, 5) is 11.9. The van der Waals surface area contributed by atoms with Crippen LogP contribution in [0.4, 0.5) is 0 Å². The Morgan fingerprint density at radius 2 is 1.71 bits per heavy atom. The summed E-state index contributed by atoms with van der Waals surface area (Å²) in [7, 11) is 0. The van der Waals surface area contributed by atoms with Crippen LogP contribution < -0.4 is 0 Å². The largest absolute Gasteiger partial charge is 0.465 e. The van der Waals surface area contributed by atoms with Gasteiger partial charge in [-0.2, -0.15) is 0 Å². The molecule has 1 fully saturated rings. The van der Waals surface area contributed by atoms with Crippen molar-refractivity contribution in [1.82, 2.24) is 0 Å². The molecule has 0 unspecified atom stereocenters. The van der Waals surface area contributed by atoms with Gasteiger partial charge in [0.15, 0.2) is 0 Å². The summed E-state index contributed by atoms with van der Waals surface area (Å²) in [5.41, 5.74) is -1.47. The number of hydrogen-bond donors (Lipinski definition) is 1. The van der Waals surface area contributed by atoms with Gasteiger partial charge in [-0.1, -0.05) is 13.8 Å². The van der Waals surface area contributed by atoms with Gasteiger partial charge in [-0.15, -0.1) is 0 Å². The molecule has 1 saturated carbocycles. The van der Waals surface area contributed by atoms with E-state index in [1.165, 1.54) is 0 Å². The molecule has 0 aromatic carbocycles. The summed E-state index contributed by atoms with van der Waals surface area (Å²) < 4.78 is 5.08. The van der Waals surface area contributed by atoms with Crippen molar-refractivity contribution < 1.29 is 14.6 Å². The van der Waals surface area contributed by atoms with Gasteiger partial charge in [-0.25, -0.2) is 0 Å². The van der Waals surface area contributed by atoms with Crippen LogP contribution in [0.3, 0.4) is 0 Å². The molecule has 0 saturated heterocycles. The van der Waals surface area contributed by atoms with Crippen molar-refractivity contribution in [3.05, 3.63) is 0 Å². The van der Waals surface area contributed by atoms with Crippen molar-refractivity contribution in [2.45, 2.75) is 65.9 Å². The third-order valence-electron chi connectivity index (χ3n) is 4.38. The van der Waals surface area contributed by atoms with Crippen molar-refractivity contribution in [2.75, 3.05) is 6.61 Å². The maximum absolute atomic E-state index is 11.9. The number of hydrogen-bond acceptors (Lipinski definition) is 3. The second-order valence-electron chi connectivity index (χ2n) is 6.54. The van der Waals surface area contributed by atoms with E-state index in [2.05, 4.69) is 13.8 Å². The number of carbonyl (C=O) groups is 1. The van der Waals surface area contributed by atoms with Crippen LogP contribution in [-0.4, -0.2) is 23.3 Å². The molecule has 0 radical (unpaired) electrons. The van der Waals surface area contributed by atoms with E-state index in [9.17, 15) is 9.90 Å². The molecule has 1 rings (SSSR count). The van der Waals surface area contributed by atoms with Gasteiger partial charge in [-0.3, -0.25) is 4.79 Å². The van der Waals surface area contributed by atoms with Crippen molar-refractivity contribution >= 4 is 5.97 Å². The van der Waals surface area contributed by atoms with Crippen LogP contribution in [0.25, 0.3) is 0 Å². The molecule has 0 bridgehead atoms. The summed E-state index contributed by atoms with van der Waals surface area (Å²) in [6.45, 7) is 10.2. The second-order valence-corrected chi connectivity index (χ2v) is 6.54. The molecule has 0 spiro atoms. The first-order valence-corrected chi connectivity index (χ1v) is 6.54. The number of aliphatic hydroxyl groups is 1. The van der Waals surface area contributed by atoms with E-state index in [0.717, 1.165) is 12.8 Å². The van der Waals surface area contributed by atoms with Gasteiger partial charge in [0.05, 0.1) is 17.6 Å². The number of carbonyl (C=O) groups excluding carboxylic acids is 1. The Bertz CT molecular complexity index is 282. The first-order valence-electron chi connectivity index (χ1n) is 6.54. The van der Waals surface area contributed by atoms with E-state index in [1.807, 2.05) is 0 Å². The third kappa shape index (κ3) is 2.82. The van der Waals surface area contributed by atoms with Crippen LogP contribution >= 0.6 is 0 Å². The molecular weight excluding hydrogens is 216 g/mol. The highest BCUT2D eigenvalue weighted by Crippen LogP contribution is 2.48. The quantitative estimate of drug-likeness (QED) is 0.774. The molecule has 0 aliphatic heterocycles. The molecule has 1 aliphatic rings. The topological polar surface area (TPSA) is 46.5 Å². The zero-order chi connectivity index (χ0) is 13.3. The Hall–Kier alpha value is -0.570. The Balaban J connectivity index is 2.80. The van der Waals surface area contributed by atoms with E-state index in [4.69, 9.17) is 4.74 Å². The molecule has 17 heavy (non-hydrogen) atoms. The minimum atomic E-state index is -0.922. The first kappa shape index (κ1) is 14.5. The first-order chi connectivity index (χ1) is 7.65. The van der Waals surface area contributed by atoms with Crippen LogP contribution in [0.5, 0.6) is 0 Å². The number of esters is 1. The van der Waals surface area contributed by atoms with Gasteiger partial charge in [0.2, 0.25) is 0 Å². The third-order valence-corrected chi connectivity index (χ3v) is 4.38. The van der Waals surface area contributed by atoms with Crippen molar-refractivity contribution in [3.63, 3.8) is 0 Å². The molecule has 100 valence electrons. The summed E-state index contributed by atoms with van der Waals surface area (Å²) in [6.07, 6.45) is 3.25. The zero-order valence-electron chi connectivity index (χ0n) is 11.8. The lowest BCUT2D eigenvalue weighted by molar-refractivity contribution is -0.178. The highest BCUT2D eigenvalue weighted by Gasteiger charge is 2.52. The molecule has 0 heterocycles. The monoisotopic (exact) mass is 242 g/mol. The summed E-state index contributed by atoms with van der Waals surface area (Å²) in [6, 6.07) is 0. The van der Waals surface area contributed by atoms with Crippen molar-refractivity contribution in [1.29, 1.82) is 0 Å². The molecule has 3 nitrogen and oxygen atoms in total. The summed E-state index contributed by atoms with van der Waals surface area (Å²) in [5.74, 6) is -0.290. The second kappa shape index (κ2) is 4.60. The highest BCUT2D eigenvalue weighted by molar-refractivity contribution is 5.77. The van der Waals surface area contributed by atoms with Crippen LogP contribution in [0, 0.1) is 10.8 Å². The Morgan fingerprint density at radius 1 is 1.24 bits per heavy atom. The summed E-state index contributed by atoms with van der Waals surface area (Å²) >= 11 is 0. The van der Waals surface area contributed by atoms with Crippen LogP contribution in [0.2, 0.25) is 0 Å². The predicted octanol–water partition coefficient (Wildman–Crippen LogP) is 2.91. The smallest absolute Gasteiger partial charge is 0.314 e. The number of rotatable bonds is 3. The van der Waals surface area contributed by atoms with Gasteiger partial charge in [0.1, 0.15) is 0 Å². The van der Waals surface area contributed by atoms with E-state index in [1.54, 1.807) is 20.8 Å². The van der Waals surface area contributed by atoms with Gasteiger partial charge in [0.25, 0.3) is 0 Å². The minimum absolute atomic E-state index is 0.275. The molecule has 1 N–H and O–H groups in total. The fraction of sp³-hybridized carbons (Fsp3) is 0.929. The average Bonchev–Trinajstić information content (AvgIpc) is 2.23. The number of ether oxygens (including phenoxy) is 1. The summed E-state index contributed by atoms with van der Waals surface area (Å²) in [5, 5.41) is 10.7. The van der Waals surface area contributed by atoms with Crippen molar-refractivity contribution in [2.24, 2.45) is 10.8 Å². The maximum atomic E-state index is 11.9. The van der Waals surface area contributed by atoms with Crippen LogP contribution in [0.15, 0.2) is 0 Å². The van der Waals surface area contributed by atoms with E-state index >= 15 is 0 Å². The molecule has 1 aliphatic carbocycles. The molecular formula is C14H26O3. The molecule has 0 aromatic heterocycles. The van der Waals surface area contributed by atoms with E-state index < -0.39 is 11.0 Å². The average molecular weight is 242 g/mol. The SMILES string of the molecule is CCOC(=O)C(C)(C)C1(O)CCC(C)(C)CC1. The lowest BCUT2D eigenvalue weighted by Gasteiger charge is -2.47.